The van der Waals surface area contributed by atoms with Crippen LogP contribution in [0.5, 0.6) is 0 Å². The van der Waals surface area contributed by atoms with Gasteiger partial charge in [0.25, 0.3) is 0 Å². The summed E-state index contributed by atoms with van der Waals surface area (Å²) in [5.74, 6) is 0.438. The Bertz CT molecular complexity index is 415. The summed E-state index contributed by atoms with van der Waals surface area (Å²) in [6.07, 6.45) is 2.73. The molecule has 0 saturated carbocycles. The molecule has 1 aliphatic heterocycles. The second kappa shape index (κ2) is 7.38. The lowest BCUT2D eigenvalue weighted by atomic mass is 10.1. The minimum atomic E-state index is -3.09. The first-order chi connectivity index (χ1) is 9.20. The van der Waals surface area contributed by atoms with Gasteiger partial charge in [-0.1, -0.05) is 13.8 Å². The zero-order chi connectivity index (χ0) is 15.3. The number of hydrogen-bond acceptors (Lipinski definition) is 4. The van der Waals surface area contributed by atoms with Gasteiger partial charge in [-0.15, -0.1) is 0 Å². The highest BCUT2D eigenvalue weighted by Crippen LogP contribution is 2.13. The van der Waals surface area contributed by atoms with Gasteiger partial charge in [0.1, 0.15) is 0 Å². The van der Waals surface area contributed by atoms with Crippen LogP contribution in [0.4, 0.5) is 0 Å². The summed E-state index contributed by atoms with van der Waals surface area (Å²) in [5.41, 5.74) is 0. The number of carbonyl (C=O) groups is 1. The van der Waals surface area contributed by atoms with E-state index in [1.165, 1.54) is 10.6 Å². The average Bonchev–Trinajstić information content (AvgIpc) is 2.35. The lowest BCUT2D eigenvalue weighted by Crippen LogP contribution is -2.51. The van der Waals surface area contributed by atoms with Crippen molar-refractivity contribution < 1.29 is 13.2 Å². The van der Waals surface area contributed by atoms with Gasteiger partial charge in [0.05, 0.1) is 12.3 Å². The molecular formula is C13H27N3O3S. The molecule has 6 nitrogen and oxygen atoms in total. The Morgan fingerprint density at radius 3 is 2.25 bits per heavy atom. The van der Waals surface area contributed by atoms with E-state index in [0.717, 1.165) is 12.8 Å². The van der Waals surface area contributed by atoms with E-state index in [1.807, 2.05) is 6.92 Å². The fourth-order valence-electron chi connectivity index (χ4n) is 2.24. The third-order valence-electron chi connectivity index (χ3n) is 3.49. The number of piperidine rings is 1. The zero-order valence-electron chi connectivity index (χ0n) is 12.8. The van der Waals surface area contributed by atoms with Gasteiger partial charge >= 0.3 is 0 Å². The van der Waals surface area contributed by atoms with Crippen LogP contribution in [-0.2, 0) is 14.8 Å². The van der Waals surface area contributed by atoms with Gasteiger partial charge in [0, 0.05) is 25.7 Å². The minimum Gasteiger partial charge on any atom is -0.354 e. The molecule has 0 aliphatic carbocycles. The van der Waals surface area contributed by atoms with Crippen LogP contribution in [0.15, 0.2) is 0 Å². The number of amides is 1. The molecule has 1 heterocycles. The van der Waals surface area contributed by atoms with Gasteiger partial charge in [0.15, 0.2) is 0 Å². The standard InChI is InChI=1S/C13H27N3O3S/c1-10(2)9-14-13(17)11(3)15-12-5-7-16(8-6-12)20(4,18)19/h10-12,15H,5-9H2,1-4H3,(H,14,17). The number of nitrogens with one attached hydrogen (secondary N) is 2. The van der Waals surface area contributed by atoms with Crippen molar-refractivity contribution in [3.05, 3.63) is 0 Å². The first-order valence-corrected chi connectivity index (χ1v) is 9.04. The highest BCUT2D eigenvalue weighted by molar-refractivity contribution is 7.88. The number of hydrogen-bond donors (Lipinski definition) is 2. The number of nitrogens with zero attached hydrogens (tertiary/aromatic N) is 1. The van der Waals surface area contributed by atoms with Gasteiger partial charge in [-0.25, -0.2) is 12.7 Å². The summed E-state index contributed by atoms with van der Waals surface area (Å²) in [6.45, 7) is 7.68. The van der Waals surface area contributed by atoms with Gasteiger partial charge in [-0.05, 0) is 25.7 Å². The van der Waals surface area contributed by atoms with Gasteiger partial charge < -0.3 is 10.6 Å². The first kappa shape index (κ1) is 17.4. The third-order valence-corrected chi connectivity index (χ3v) is 4.79. The topological polar surface area (TPSA) is 78.5 Å². The van der Waals surface area contributed by atoms with Gasteiger partial charge in [0.2, 0.25) is 15.9 Å². The Morgan fingerprint density at radius 2 is 1.80 bits per heavy atom. The Labute approximate surface area is 122 Å². The van der Waals surface area contributed by atoms with Crippen molar-refractivity contribution in [3.63, 3.8) is 0 Å². The molecule has 1 saturated heterocycles. The Morgan fingerprint density at radius 1 is 1.25 bits per heavy atom. The molecule has 1 fully saturated rings. The quantitative estimate of drug-likeness (QED) is 0.733. The van der Waals surface area contributed by atoms with Crippen LogP contribution in [0.1, 0.15) is 33.6 Å². The van der Waals surface area contributed by atoms with Crippen LogP contribution < -0.4 is 10.6 Å². The monoisotopic (exact) mass is 305 g/mol. The minimum absolute atomic E-state index is 0.00393. The second-order valence-corrected chi connectivity index (χ2v) is 7.95. The normalized spacial score (nSPS) is 20.1. The van der Waals surface area contributed by atoms with Crippen molar-refractivity contribution in [2.24, 2.45) is 5.92 Å². The molecule has 7 heteroatoms. The van der Waals surface area contributed by atoms with Crippen molar-refractivity contribution in [1.29, 1.82) is 0 Å². The molecule has 0 spiro atoms. The molecule has 2 N–H and O–H groups in total. The largest absolute Gasteiger partial charge is 0.354 e. The maximum Gasteiger partial charge on any atom is 0.236 e. The van der Waals surface area contributed by atoms with Crippen LogP contribution in [0.25, 0.3) is 0 Å². The third kappa shape index (κ3) is 5.76. The molecule has 1 unspecified atom stereocenters. The molecule has 0 bridgehead atoms. The van der Waals surface area contributed by atoms with E-state index in [2.05, 4.69) is 24.5 Å². The molecule has 1 atom stereocenters. The summed E-state index contributed by atoms with van der Waals surface area (Å²) in [4.78, 5) is 11.9. The highest BCUT2D eigenvalue weighted by atomic mass is 32.2. The van der Waals surface area contributed by atoms with E-state index in [-0.39, 0.29) is 18.0 Å². The van der Waals surface area contributed by atoms with Crippen molar-refractivity contribution >= 4 is 15.9 Å². The van der Waals surface area contributed by atoms with E-state index in [1.54, 1.807) is 0 Å². The molecular weight excluding hydrogens is 278 g/mol. The molecule has 1 amide bonds. The van der Waals surface area contributed by atoms with E-state index < -0.39 is 10.0 Å². The zero-order valence-corrected chi connectivity index (χ0v) is 13.7. The molecule has 118 valence electrons. The van der Waals surface area contributed by atoms with Crippen LogP contribution in [0.3, 0.4) is 0 Å². The van der Waals surface area contributed by atoms with Crippen LogP contribution in [0, 0.1) is 5.92 Å². The molecule has 0 aromatic heterocycles. The molecule has 0 aromatic carbocycles. The summed E-state index contributed by atoms with van der Waals surface area (Å²) in [6, 6.07) is -0.0451. The molecule has 1 rings (SSSR count). The van der Waals surface area contributed by atoms with Crippen LogP contribution in [0.2, 0.25) is 0 Å². The van der Waals surface area contributed by atoms with E-state index in [0.29, 0.717) is 25.6 Å². The van der Waals surface area contributed by atoms with E-state index in [4.69, 9.17) is 0 Å². The lowest BCUT2D eigenvalue weighted by molar-refractivity contribution is -0.123. The smallest absolute Gasteiger partial charge is 0.236 e. The molecule has 0 radical (unpaired) electrons. The summed E-state index contributed by atoms with van der Waals surface area (Å²) >= 11 is 0. The van der Waals surface area contributed by atoms with Crippen molar-refractivity contribution in [2.75, 3.05) is 25.9 Å². The summed E-state index contributed by atoms with van der Waals surface area (Å²) < 4.78 is 24.3. The molecule has 0 aromatic rings. The SMILES string of the molecule is CC(C)CNC(=O)C(C)NC1CCN(S(C)(=O)=O)CC1. The predicted molar refractivity (Wildman–Crippen MR) is 79.9 cm³/mol. The van der Waals surface area contributed by atoms with Crippen LogP contribution >= 0.6 is 0 Å². The second-order valence-electron chi connectivity index (χ2n) is 5.96. The fraction of sp³-hybridized carbons (Fsp3) is 0.923. The Balaban J connectivity index is 2.34. The number of carbonyl (C=O) groups excluding carboxylic acids is 1. The van der Waals surface area contributed by atoms with Crippen molar-refractivity contribution in [3.8, 4) is 0 Å². The Kier molecular flexibility index (Phi) is 6.42. The summed E-state index contributed by atoms with van der Waals surface area (Å²) in [7, 11) is -3.09. The number of sulfonamides is 1. The van der Waals surface area contributed by atoms with E-state index in [9.17, 15) is 13.2 Å². The fourth-order valence-corrected chi connectivity index (χ4v) is 3.12. The first-order valence-electron chi connectivity index (χ1n) is 7.19. The Hall–Kier alpha value is -0.660. The maximum atomic E-state index is 11.9. The van der Waals surface area contributed by atoms with Crippen molar-refractivity contribution in [2.45, 2.75) is 45.7 Å². The maximum absolute atomic E-state index is 11.9. The van der Waals surface area contributed by atoms with Gasteiger partial charge in [-0.3, -0.25) is 4.79 Å². The molecule has 1 aliphatic rings. The number of rotatable bonds is 6. The highest BCUT2D eigenvalue weighted by Gasteiger charge is 2.26. The molecule has 20 heavy (non-hydrogen) atoms. The average molecular weight is 305 g/mol. The van der Waals surface area contributed by atoms with Gasteiger partial charge in [-0.2, -0.15) is 0 Å². The summed E-state index contributed by atoms with van der Waals surface area (Å²) in [5, 5.41) is 6.18. The van der Waals surface area contributed by atoms with Crippen LogP contribution in [-0.4, -0.2) is 56.6 Å². The van der Waals surface area contributed by atoms with Crippen molar-refractivity contribution in [1.82, 2.24) is 14.9 Å². The predicted octanol–water partition coefficient (Wildman–Crippen LogP) is 0.161. The lowest BCUT2D eigenvalue weighted by Gasteiger charge is -2.32. The van der Waals surface area contributed by atoms with E-state index >= 15 is 0 Å².